The summed E-state index contributed by atoms with van der Waals surface area (Å²) in [5.41, 5.74) is 3.59. The van der Waals surface area contributed by atoms with Crippen LogP contribution in [0.3, 0.4) is 0 Å². The summed E-state index contributed by atoms with van der Waals surface area (Å²) in [5, 5.41) is 1.37. The first-order valence-corrected chi connectivity index (χ1v) is 11.1. The Morgan fingerprint density at radius 3 is 2.43 bits per heavy atom. The van der Waals surface area contributed by atoms with Gasteiger partial charge in [-0.05, 0) is 48.7 Å². The number of rotatable bonds is 5. The molecule has 0 saturated carbocycles. The van der Waals surface area contributed by atoms with Crippen molar-refractivity contribution in [3.05, 3.63) is 74.8 Å². The van der Waals surface area contributed by atoms with Gasteiger partial charge in [0.15, 0.2) is 0 Å². The Morgan fingerprint density at radius 1 is 1.04 bits per heavy atom. The minimum absolute atomic E-state index is 0.289. The Labute approximate surface area is 182 Å². The molecule has 0 amide bonds. The summed E-state index contributed by atoms with van der Waals surface area (Å²) in [7, 11) is 0. The van der Waals surface area contributed by atoms with Crippen molar-refractivity contribution >= 4 is 54.9 Å². The second-order valence-corrected chi connectivity index (χ2v) is 8.99. The SMILES string of the molecule is CCN(Cc1ccccc1)c1nc(Cl)nc2sc(C)c(-c3ccc(Br)cc3)c12. The molecule has 0 aliphatic carbocycles. The predicted octanol–water partition coefficient (Wildman–Crippen LogP) is 7.11. The molecule has 0 radical (unpaired) electrons. The fraction of sp³-hybridized carbons (Fsp3) is 0.182. The molecule has 3 nitrogen and oxygen atoms in total. The van der Waals surface area contributed by atoms with Gasteiger partial charge in [0.05, 0.1) is 5.39 Å². The quantitative estimate of drug-likeness (QED) is 0.290. The fourth-order valence-corrected chi connectivity index (χ4v) is 4.92. The molecule has 0 N–H and O–H groups in total. The number of thiophene rings is 1. The lowest BCUT2D eigenvalue weighted by molar-refractivity contribution is 0.817. The topological polar surface area (TPSA) is 29.0 Å². The molecule has 4 rings (SSSR count). The van der Waals surface area contributed by atoms with Gasteiger partial charge in [0.25, 0.3) is 0 Å². The molecule has 2 aromatic carbocycles. The summed E-state index contributed by atoms with van der Waals surface area (Å²) in [4.78, 5) is 13.6. The second-order valence-electron chi connectivity index (χ2n) is 6.54. The fourth-order valence-electron chi connectivity index (χ4n) is 3.40. The highest BCUT2D eigenvalue weighted by molar-refractivity contribution is 9.10. The van der Waals surface area contributed by atoms with Crippen molar-refractivity contribution in [3.8, 4) is 11.1 Å². The molecule has 2 heterocycles. The molecular formula is C22H19BrClN3S. The second kappa shape index (κ2) is 8.19. The minimum atomic E-state index is 0.289. The van der Waals surface area contributed by atoms with Gasteiger partial charge < -0.3 is 4.90 Å². The van der Waals surface area contributed by atoms with Crippen molar-refractivity contribution in [2.45, 2.75) is 20.4 Å². The predicted molar refractivity (Wildman–Crippen MR) is 123 cm³/mol. The van der Waals surface area contributed by atoms with Crippen LogP contribution in [0.5, 0.6) is 0 Å². The number of aryl methyl sites for hydroxylation is 1. The molecule has 0 aliphatic rings. The van der Waals surface area contributed by atoms with Crippen LogP contribution in [0.25, 0.3) is 21.3 Å². The van der Waals surface area contributed by atoms with E-state index in [0.29, 0.717) is 0 Å². The number of nitrogens with zero attached hydrogens (tertiary/aromatic N) is 3. The van der Waals surface area contributed by atoms with Gasteiger partial charge in [-0.25, -0.2) is 4.98 Å². The Bertz CT molecular complexity index is 1110. The average Bonchev–Trinajstić information content (AvgIpc) is 3.02. The zero-order valence-electron chi connectivity index (χ0n) is 15.6. The highest BCUT2D eigenvalue weighted by Crippen LogP contribution is 2.42. The van der Waals surface area contributed by atoms with Crippen LogP contribution in [-0.2, 0) is 6.54 Å². The Balaban J connectivity index is 1.90. The zero-order chi connectivity index (χ0) is 19.7. The van der Waals surface area contributed by atoms with Gasteiger partial charge in [0.1, 0.15) is 10.6 Å². The summed E-state index contributed by atoms with van der Waals surface area (Å²) in [6.45, 7) is 5.87. The normalized spacial score (nSPS) is 11.1. The van der Waals surface area contributed by atoms with Crippen LogP contribution >= 0.6 is 38.9 Å². The minimum Gasteiger partial charge on any atom is -0.352 e. The van der Waals surface area contributed by atoms with Crippen LogP contribution in [0.2, 0.25) is 5.28 Å². The largest absolute Gasteiger partial charge is 0.352 e. The van der Waals surface area contributed by atoms with Crippen LogP contribution < -0.4 is 4.90 Å². The van der Waals surface area contributed by atoms with E-state index in [1.165, 1.54) is 16.0 Å². The van der Waals surface area contributed by atoms with Gasteiger partial charge in [-0.3, -0.25) is 0 Å². The molecule has 0 unspecified atom stereocenters. The highest BCUT2D eigenvalue weighted by Gasteiger charge is 2.21. The lowest BCUT2D eigenvalue weighted by Gasteiger charge is -2.23. The smallest absolute Gasteiger partial charge is 0.225 e. The number of benzene rings is 2. The van der Waals surface area contributed by atoms with E-state index in [9.17, 15) is 0 Å². The van der Waals surface area contributed by atoms with E-state index >= 15 is 0 Å². The van der Waals surface area contributed by atoms with Crippen molar-refractivity contribution in [1.29, 1.82) is 0 Å². The first-order valence-electron chi connectivity index (χ1n) is 9.08. The van der Waals surface area contributed by atoms with Gasteiger partial charge in [0.2, 0.25) is 5.28 Å². The number of halogens is 2. The van der Waals surface area contributed by atoms with Gasteiger partial charge >= 0.3 is 0 Å². The molecule has 0 saturated heterocycles. The summed E-state index contributed by atoms with van der Waals surface area (Å²) in [6, 6.07) is 18.8. The monoisotopic (exact) mass is 471 g/mol. The standard InChI is InChI=1S/C22H19BrClN3S/c1-3-27(13-15-7-5-4-6-8-15)20-19-18(16-9-11-17(23)12-10-16)14(2)28-21(19)26-22(24)25-20/h4-12H,3,13H2,1-2H3. The molecule has 2 aromatic heterocycles. The average molecular weight is 473 g/mol. The summed E-state index contributed by atoms with van der Waals surface area (Å²) in [6.07, 6.45) is 0. The Hall–Kier alpha value is -1.95. The molecule has 28 heavy (non-hydrogen) atoms. The number of anilines is 1. The van der Waals surface area contributed by atoms with Crippen LogP contribution in [0.15, 0.2) is 59.1 Å². The van der Waals surface area contributed by atoms with E-state index in [2.05, 4.69) is 93.2 Å². The van der Waals surface area contributed by atoms with Crippen molar-refractivity contribution < 1.29 is 0 Å². The maximum absolute atomic E-state index is 6.31. The van der Waals surface area contributed by atoms with Gasteiger partial charge in [-0.2, -0.15) is 4.98 Å². The van der Waals surface area contributed by atoms with Gasteiger partial charge in [-0.15, -0.1) is 11.3 Å². The van der Waals surface area contributed by atoms with Crippen LogP contribution in [0.1, 0.15) is 17.4 Å². The number of fused-ring (bicyclic) bond motifs is 1. The molecule has 0 aliphatic heterocycles. The maximum Gasteiger partial charge on any atom is 0.225 e. The molecule has 4 aromatic rings. The van der Waals surface area contributed by atoms with Crippen molar-refractivity contribution in [3.63, 3.8) is 0 Å². The first kappa shape index (κ1) is 19.4. The van der Waals surface area contributed by atoms with Crippen LogP contribution in [-0.4, -0.2) is 16.5 Å². The van der Waals surface area contributed by atoms with Crippen LogP contribution in [0.4, 0.5) is 5.82 Å². The van der Waals surface area contributed by atoms with Gasteiger partial charge in [0, 0.05) is 28.0 Å². The number of aromatic nitrogens is 2. The van der Waals surface area contributed by atoms with E-state index in [-0.39, 0.29) is 5.28 Å². The Morgan fingerprint density at radius 2 is 1.75 bits per heavy atom. The maximum atomic E-state index is 6.31. The van der Waals surface area contributed by atoms with Gasteiger partial charge in [-0.1, -0.05) is 58.4 Å². The third-order valence-electron chi connectivity index (χ3n) is 4.71. The van der Waals surface area contributed by atoms with Crippen molar-refractivity contribution in [2.24, 2.45) is 0 Å². The van der Waals surface area contributed by atoms with E-state index in [1.807, 2.05) is 6.07 Å². The number of hydrogen-bond acceptors (Lipinski definition) is 4. The molecule has 0 bridgehead atoms. The molecule has 0 spiro atoms. The van der Waals surface area contributed by atoms with Crippen LogP contribution in [0, 0.1) is 6.92 Å². The molecule has 0 fully saturated rings. The summed E-state index contributed by atoms with van der Waals surface area (Å²) < 4.78 is 1.06. The van der Waals surface area contributed by atoms with E-state index in [0.717, 1.165) is 39.2 Å². The Kier molecular flexibility index (Phi) is 5.67. The molecule has 142 valence electrons. The van der Waals surface area contributed by atoms with E-state index < -0.39 is 0 Å². The third kappa shape index (κ3) is 3.79. The molecule has 6 heteroatoms. The zero-order valence-corrected chi connectivity index (χ0v) is 18.8. The third-order valence-corrected chi connectivity index (χ3v) is 6.41. The lowest BCUT2D eigenvalue weighted by Crippen LogP contribution is -2.23. The van der Waals surface area contributed by atoms with Crippen molar-refractivity contribution in [1.82, 2.24) is 9.97 Å². The van der Waals surface area contributed by atoms with Crippen molar-refractivity contribution in [2.75, 3.05) is 11.4 Å². The van der Waals surface area contributed by atoms with E-state index in [1.54, 1.807) is 11.3 Å². The first-order chi connectivity index (χ1) is 13.6. The lowest BCUT2D eigenvalue weighted by atomic mass is 10.0. The molecule has 0 atom stereocenters. The van der Waals surface area contributed by atoms with E-state index in [4.69, 9.17) is 11.6 Å². The number of hydrogen-bond donors (Lipinski definition) is 0. The summed E-state index contributed by atoms with van der Waals surface area (Å²) in [5.74, 6) is 0.892. The molecular weight excluding hydrogens is 454 g/mol. The summed E-state index contributed by atoms with van der Waals surface area (Å²) >= 11 is 11.5. The highest BCUT2D eigenvalue weighted by atomic mass is 79.9.